The molecule has 7 heteroatoms. The highest BCUT2D eigenvalue weighted by Gasteiger charge is 2.32. The molecule has 1 aromatic heterocycles. The van der Waals surface area contributed by atoms with Crippen LogP contribution in [0.15, 0.2) is 6.07 Å². The Morgan fingerprint density at radius 2 is 2.21 bits per heavy atom. The number of nitrogens with zero attached hydrogens (tertiary/aromatic N) is 2. The Labute approximate surface area is 111 Å². The van der Waals surface area contributed by atoms with Crippen molar-refractivity contribution in [2.75, 3.05) is 30.5 Å². The second kappa shape index (κ2) is 4.92. The first kappa shape index (κ1) is 12.6. The third-order valence-corrected chi connectivity index (χ3v) is 3.51. The number of aliphatic hydroxyl groups is 1. The van der Waals surface area contributed by atoms with E-state index in [0.717, 1.165) is 18.7 Å². The lowest BCUT2D eigenvalue weighted by atomic mass is 10.0. The van der Waals surface area contributed by atoms with Gasteiger partial charge in [-0.25, -0.2) is 15.8 Å². The molecule has 0 radical (unpaired) electrons. The summed E-state index contributed by atoms with van der Waals surface area (Å²) in [6, 6.07) is 1.74. The van der Waals surface area contributed by atoms with Gasteiger partial charge in [-0.05, 0) is 12.8 Å². The van der Waals surface area contributed by atoms with E-state index in [1.165, 1.54) is 0 Å². The molecule has 1 atom stereocenters. The van der Waals surface area contributed by atoms with E-state index >= 15 is 0 Å². The second-order valence-corrected chi connectivity index (χ2v) is 5.30. The van der Waals surface area contributed by atoms with E-state index in [4.69, 9.17) is 10.6 Å². The molecule has 2 aliphatic rings. The molecule has 1 unspecified atom stereocenters. The highest BCUT2D eigenvalue weighted by molar-refractivity contribution is 5.47. The Hall–Kier alpha value is -1.44. The molecule has 0 amide bonds. The topological polar surface area (TPSA) is 105 Å². The van der Waals surface area contributed by atoms with Crippen molar-refractivity contribution >= 4 is 11.6 Å². The van der Waals surface area contributed by atoms with Crippen molar-refractivity contribution in [3.8, 4) is 0 Å². The van der Waals surface area contributed by atoms with Gasteiger partial charge in [0, 0.05) is 31.6 Å². The molecule has 0 spiro atoms. The molecule has 7 nitrogen and oxygen atoms in total. The van der Waals surface area contributed by atoms with Gasteiger partial charge in [-0.2, -0.15) is 0 Å². The number of rotatable bonds is 5. The molecule has 1 aromatic rings. The number of hydrazine groups is 1. The van der Waals surface area contributed by atoms with E-state index in [2.05, 4.69) is 20.7 Å². The maximum atomic E-state index is 10.2. The Morgan fingerprint density at radius 3 is 2.84 bits per heavy atom. The summed E-state index contributed by atoms with van der Waals surface area (Å²) >= 11 is 0. The van der Waals surface area contributed by atoms with Crippen molar-refractivity contribution in [1.29, 1.82) is 0 Å². The number of nitrogen functional groups attached to an aromatic ring is 1. The minimum absolute atomic E-state index is 0.364. The average molecular weight is 265 g/mol. The van der Waals surface area contributed by atoms with Crippen LogP contribution in [0.4, 0.5) is 11.6 Å². The smallest absolute Gasteiger partial charge is 0.145 e. The molecule has 1 saturated heterocycles. The average Bonchev–Trinajstić information content (AvgIpc) is 3.19. The van der Waals surface area contributed by atoms with E-state index in [-0.39, 0.29) is 0 Å². The summed E-state index contributed by atoms with van der Waals surface area (Å²) in [6.07, 6.45) is 2.90. The van der Waals surface area contributed by atoms with E-state index in [1.54, 1.807) is 6.07 Å². The second-order valence-electron chi connectivity index (χ2n) is 5.30. The number of hydrogen-bond acceptors (Lipinski definition) is 7. The van der Waals surface area contributed by atoms with Gasteiger partial charge in [0.15, 0.2) is 0 Å². The van der Waals surface area contributed by atoms with Gasteiger partial charge >= 0.3 is 0 Å². The van der Waals surface area contributed by atoms with Crippen molar-refractivity contribution in [3.05, 3.63) is 11.9 Å². The third-order valence-electron chi connectivity index (χ3n) is 3.51. The minimum Gasteiger partial charge on any atom is -0.386 e. The van der Waals surface area contributed by atoms with Crippen molar-refractivity contribution in [1.82, 2.24) is 9.97 Å². The molecular weight excluding hydrogens is 246 g/mol. The fourth-order valence-electron chi connectivity index (χ4n) is 2.15. The van der Waals surface area contributed by atoms with Crippen LogP contribution in [0.2, 0.25) is 0 Å². The van der Waals surface area contributed by atoms with Crippen LogP contribution < -0.4 is 16.6 Å². The van der Waals surface area contributed by atoms with Gasteiger partial charge in [0.05, 0.1) is 6.61 Å². The lowest BCUT2D eigenvalue weighted by molar-refractivity contribution is 0.0381. The standard InChI is InChI=1S/C12H19N5O2/c13-17-10-5-9(15-11(16-10)8-1-2-8)14-6-12(18)3-4-19-7-12/h5,8,18H,1-4,6-7,13H2,(H2,14,15,16,17). The molecule has 2 fully saturated rings. The van der Waals surface area contributed by atoms with Crippen LogP contribution in [0.1, 0.15) is 31.0 Å². The van der Waals surface area contributed by atoms with Crippen molar-refractivity contribution in [2.24, 2.45) is 5.84 Å². The van der Waals surface area contributed by atoms with Gasteiger partial charge in [0.2, 0.25) is 0 Å². The molecule has 1 aliphatic heterocycles. The summed E-state index contributed by atoms with van der Waals surface area (Å²) in [5.41, 5.74) is 1.75. The van der Waals surface area contributed by atoms with Gasteiger partial charge in [0.25, 0.3) is 0 Å². The van der Waals surface area contributed by atoms with Gasteiger partial charge in [-0.3, -0.25) is 0 Å². The quantitative estimate of drug-likeness (QED) is 0.445. The normalized spacial score (nSPS) is 26.4. The Balaban J connectivity index is 1.70. The van der Waals surface area contributed by atoms with E-state index in [9.17, 15) is 5.11 Å². The maximum absolute atomic E-state index is 10.2. The zero-order valence-electron chi connectivity index (χ0n) is 10.7. The maximum Gasteiger partial charge on any atom is 0.145 e. The summed E-state index contributed by atoms with van der Waals surface area (Å²) < 4.78 is 5.21. The molecule has 1 saturated carbocycles. The number of nitrogens with two attached hydrogens (primary N) is 1. The highest BCUT2D eigenvalue weighted by atomic mass is 16.5. The number of aromatic nitrogens is 2. The van der Waals surface area contributed by atoms with Gasteiger partial charge in [0.1, 0.15) is 23.1 Å². The fourth-order valence-corrected chi connectivity index (χ4v) is 2.15. The highest BCUT2D eigenvalue weighted by Crippen LogP contribution is 2.38. The van der Waals surface area contributed by atoms with Crippen LogP contribution in [-0.2, 0) is 4.74 Å². The first-order valence-electron chi connectivity index (χ1n) is 6.58. The third kappa shape index (κ3) is 2.94. The summed E-state index contributed by atoms with van der Waals surface area (Å²) in [5, 5.41) is 13.3. The van der Waals surface area contributed by atoms with Crippen molar-refractivity contribution in [3.63, 3.8) is 0 Å². The molecule has 3 rings (SSSR count). The lowest BCUT2D eigenvalue weighted by Gasteiger charge is -2.21. The van der Waals surface area contributed by atoms with Crippen LogP contribution in [0.5, 0.6) is 0 Å². The molecule has 5 N–H and O–H groups in total. The first-order valence-corrected chi connectivity index (χ1v) is 6.58. The summed E-state index contributed by atoms with van der Waals surface area (Å²) in [5.74, 6) is 7.96. The zero-order chi connectivity index (χ0) is 13.3. The monoisotopic (exact) mass is 265 g/mol. The van der Waals surface area contributed by atoms with E-state index < -0.39 is 5.60 Å². The molecule has 0 bridgehead atoms. The SMILES string of the molecule is NNc1cc(NCC2(O)CCOC2)nc(C2CC2)n1. The van der Waals surface area contributed by atoms with Crippen molar-refractivity contribution in [2.45, 2.75) is 30.8 Å². The molecular formula is C12H19N5O2. The number of ether oxygens (including phenoxy) is 1. The van der Waals surface area contributed by atoms with Crippen molar-refractivity contribution < 1.29 is 9.84 Å². The predicted molar refractivity (Wildman–Crippen MR) is 70.7 cm³/mol. The fraction of sp³-hybridized carbons (Fsp3) is 0.667. The van der Waals surface area contributed by atoms with Crippen LogP contribution in [0.3, 0.4) is 0 Å². The Bertz CT molecular complexity index is 457. The van der Waals surface area contributed by atoms with Crippen LogP contribution in [0, 0.1) is 0 Å². The van der Waals surface area contributed by atoms with Gasteiger partial charge < -0.3 is 20.6 Å². The number of hydrogen-bond donors (Lipinski definition) is 4. The molecule has 1 aliphatic carbocycles. The molecule has 19 heavy (non-hydrogen) atoms. The first-order chi connectivity index (χ1) is 9.18. The largest absolute Gasteiger partial charge is 0.386 e. The van der Waals surface area contributed by atoms with Crippen LogP contribution >= 0.6 is 0 Å². The predicted octanol–water partition coefficient (Wildman–Crippen LogP) is 0.203. The minimum atomic E-state index is -0.805. The Morgan fingerprint density at radius 1 is 1.42 bits per heavy atom. The number of nitrogens with one attached hydrogen (secondary N) is 2. The summed E-state index contributed by atoms with van der Waals surface area (Å²) in [6.45, 7) is 1.38. The van der Waals surface area contributed by atoms with Gasteiger partial charge in [-0.15, -0.1) is 0 Å². The van der Waals surface area contributed by atoms with Crippen LogP contribution in [-0.4, -0.2) is 40.4 Å². The molecule has 104 valence electrons. The van der Waals surface area contributed by atoms with Gasteiger partial charge in [-0.1, -0.05) is 0 Å². The molecule has 2 heterocycles. The summed E-state index contributed by atoms with van der Waals surface area (Å²) in [7, 11) is 0. The number of anilines is 2. The van der Waals surface area contributed by atoms with Crippen LogP contribution in [0.25, 0.3) is 0 Å². The Kier molecular flexibility index (Phi) is 3.26. The van der Waals surface area contributed by atoms with E-state index in [1.807, 2.05) is 0 Å². The summed E-state index contributed by atoms with van der Waals surface area (Å²) in [4.78, 5) is 8.80. The van der Waals surface area contributed by atoms with E-state index in [0.29, 0.717) is 43.7 Å². The zero-order valence-corrected chi connectivity index (χ0v) is 10.7. The lowest BCUT2D eigenvalue weighted by Crippen LogP contribution is -2.37. The molecule has 0 aromatic carbocycles.